The Balaban J connectivity index is 2.11. The van der Waals surface area contributed by atoms with E-state index in [9.17, 15) is 9.18 Å². The number of amides is 1. The third-order valence-electron chi connectivity index (χ3n) is 2.85. The van der Waals surface area contributed by atoms with Gasteiger partial charge in [-0.05, 0) is 30.3 Å². The highest BCUT2D eigenvalue weighted by molar-refractivity contribution is 6.03. The lowest BCUT2D eigenvalue weighted by Crippen LogP contribution is -2.18. The summed E-state index contributed by atoms with van der Waals surface area (Å²) in [5.74, 6) is -0.788. The fourth-order valence-corrected chi connectivity index (χ4v) is 1.82. The lowest BCUT2D eigenvalue weighted by Gasteiger charge is -2.10. The Morgan fingerprint density at radius 2 is 2.25 bits per heavy atom. The second-order valence-electron chi connectivity index (χ2n) is 4.27. The van der Waals surface area contributed by atoms with E-state index in [1.807, 2.05) is 0 Å². The molecule has 0 spiro atoms. The summed E-state index contributed by atoms with van der Waals surface area (Å²) < 4.78 is 19.8. The van der Waals surface area contributed by atoms with Gasteiger partial charge in [0.25, 0.3) is 5.91 Å². The lowest BCUT2D eigenvalue weighted by atomic mass is 10.2. The maximum Gasteiger partial charge on any atom is 0.272 e. The van der Waals surface area contributed by atoms with Crippen LogP contribution >= 0.6 is 0 Å². The molecule has 0 saturated heterocycles. The SMILES string of the molecule is COCCn1cccc1C(=O)Nc1ccc(F)c(N)c1. The van der Waals surface area contributed by atoms with Crippen LogP contribution in [0.5, 0.6) is 0 Å². The van der Waals surface area contributed by atoms with Crippen LogP contribution in [0.15, 0.2) is 36.5 Å². The van der Waals surface area contributed by atoms with Gasteiger partial charge in [-0.1, -0.05) is 0 Å². The van der Waals surface area contributed by atoms with Crippen LogP contribution in [-0.4, -0.2) is 24.2 Å². The molecule has 0 radical (unpaired) electrons. The Hall–Kier alpha value is -2.34. The molecule has 0 fully saturated rings. The van der Waals surface area contributed by atoms with Crippen molar-refractivity contribution >= 4 is 17.3 Å². The quantitative estimate of drug-likeness (QED) is 0.822. The number of carbonyl (C=O) groups excluding carboxylic acids is 1. The zero-order valence-electron chi connectivity index (χ0n) is 11.1. The van der Waals surface area contributed by atoms with Gasteiger partial charge in [-0.25, -0.2) is 4.39 Å². The number of nitrogens with two attached hydrogens (primary N) is 1. The highest BCUT2D eigenvalue weighted by Crippen LogP contribution is 2.17. The zero-order chi connectivity index (χ0) is 14.5. The topological polar surface area (TPSA) is 69.3 Å². The third-order valence-corrected chi connectivity index (χ3v) is 2.85. The van der Waals surface area contributed by atoms with Gasteiger partial charge in [-0.2, -0.15) is 0 Å². The summed E-state index contributed by atoms with van der Waals surface area (Å²) in [7, 11) is 1.60. The van der Waals surface area contributed by atoms with Crippen molar-refractivity contribution < 1.29 is 13.9 Å². The Kier molecular flexibility index (Phi) is 4.37. The first-order chi connectivity index (χ1) is 9.61. The number of rotatable bonds is 5. The zero-order valence-corrected chi connectivity index (χ0v) is 11.1. The summed E-state index contributed by atoms with van der Waals surface area (Å²) in [6.07, 6.45) is 1.80. The standard InChI is InChI=1S/C14H16FN3O2/c1-20-8-7-18-6-2-3-13(18)14(19)17-10-4-5-11(15)12(16)9-10/h2-6,9H,7-8,16H2,1H3,(H,17,19). The van der Waals surface area contributed by atoms with Gasteiger partial charge in [0, 0.05) is 25.5 Å². The molecule has 0 saturated carbocycles. The van der Waals surface area contributed by atoms with Crippen molar-refractivity contribution in [2.24, 2.45) is 0 Å². The minimum absolute atomic E-state index is 0.00225. The number of carbonyl (C=O) groups is 1. The number of methoxy groups -OCH3 is 1. The van der Waals surface area contributed by atoms with Crippen LogP contribution < -0.4 is 11.1 Å². The predicted molar refractivity (Wildman–Crippen MR) is 75.1 cm³/mol. The summed E-state index contributed by atoms with van der Waals surface area (Å²) in [5.41, 5.74) is 6.42. The van der Waals surface area contributed by atoms with Crippen molar-refractivity contribution in [3.05, 3.63) is 48.0 Å². The fraction of sp³-hybridized carbons (Fsp3) is 0.214. The van der Waals surface area contributed by atoms with Crippen LogP contribution in [0.3, 0.4) is 0 Å². The molecule has 1 aromatic carbocycles. The van der Waals surface area contributed by atoms with Gasteiger partial charge in [0.1, 0.15) is 11.5 Å². The van der Waals surface area contributed by atoms with E-state index in [1.165, 1.54) is 18.2 Å². The monoisotopic (exact) mass is 277 g/mol. The van der Waals surface area contributed by atoms with Crippen molar-refractivity contribution in [3.63, 3.8) is 0 Å². The van der Waals surface area contributed by atoms with Crippen LogP contribution in [0.2, 0.25) is 0 Å². The number of anilines is 2. The van der Waals surface area contributed by atoms with E-state index >= 15 is 0 Å². The van der Waals surface area contributed by atoms with Gasteiger partial charge in [0.05, 0.1) is 12.3 Å². The first-order valence-electron chi connectivity index (χ1n) is 6.12. The number of hydrogen-bond donors (Lipinski definition) is 2. The molecule has 5 nitrogen and oxygen atoms in total. The molecule has 2 rings (SSSR count). The van der Waals surface area contributed by atoms with Gasteiger partial charge < -0.3 is 20.4 Å². The molecule has 1 aromatic heterocycles. The minimum atomic E-state index is -0.508. The van der Waals surface area contributed by atoms with Gasteiger partial charge in [0.2, 0.25) is 0 Å². The predicted octanol–water partition coefficient (Wildman–Crippen LogP) is 2.11. The molecule has 1 amide bonds. The number of benzene rings is 1. The molecule has 0 aliphatic rings. The van der Waals surface area contributed by atoms with Crippen molar-refractivity contribution in [1.82, 2.24) is 4.57 Å². The van der Waals surface area contributed by atoms with E-state index in [-0.39, 0.29) is 11.6 Å². The van der Waals surface area contributed by atoms with Crippen molar-refractivity contribution in [2.45, 2.75) is 6.54 Å². The molecule has 1 heterocycles. The first kappa shape index (κ1) is 14.1. The average molecular weight is 277 g/mol. The Morgan fingerprint density at radius 3 is 2.95 bits per heavy atom. The van der Waals surface area contributed by atoms with Crippen molar-refractivity contribution in [3.8, 4) is 0 Å². The average Bonchev–Trinajstić information content (AvgIpc) is 2.89. The lowest BCUT2D eigenvalue weighted by molar-refractivity contribution is 0.101. The van der Waals surface area contributed by atoms with Gasteiger partial charge in [-0.3, -0.25) is 4.79 Å². The molecule has 0 aliphatic carbocycles. The van der Waals surface area contributed by atoms with E-state index < -0.39 is 5.82 Å². The normalized spacial score (nSPS) is 10.5. The van der Waals surface area contributed by atoms with Crippen molar-refractivity contribution in [1.29, 1.82) is 0 Å². The van der Waals surface area contributed by atoms with Crippen LogP contribution in [0.25, 0.3) is 0 Å². The van der Waals surface area contributed by atoms with E-state index in [1.54, 1.807) is 30.0 Å². The number of nitrogens with zero attached hydrogens (tertiary/aromatic N) is 1. The van der Waals surface area contributed by atoms with E-state index in [4.69, 9.17) is 10.5 Å². The summed E-state index contributed by atoms with van der Waals surface area (Å²) >= 11 is 0. The number of nitrogen functional groups attached to an aromatic ring is 1. The molecular formula is C14H16FN3O2. The Labute approximate surface area is 116 Å². The fourth-order valence-electron chi connectivity index (χ4n) is 1.82. The third kappa shape index (κ3) is 3.16. The molecule has 20 heavy (non-hydrogen) atoms. The highest BCUT2D eigenvalue weighted by Gasteiger charge is 2.11. The largest absolute Gasteiger partial charge is 0.396 e. The molecule has 0 bridgehead atoms. The maximum absolute atomic E-state index is 13.1. The Morgan fingerprint density at radius 1 is 1.45 bits per heavy atom. The van der Waals surface area contributed by atoms with Gasteiger partial charge in [-0.15, -0.1) is 0 Å². The number of nitrogens with one attached hydrogen (secondary N) is 1. The minimum Gasteiger partial charge on any atom is -0.396 e. The molecule has 0 atom stereocenters. The van der Waals surface area contributed by atoms with Gasteiger partial charge in [0.15, 0.2) is 0 Å². The summed E-state index contributed by atoms with van der Waals surface area (Å²) in [6.45, 7) is 1.09. The first-order valence-corrected chi connectivity index (χ1v) is 6.12. The molecule has 3 N–H and O–H groups in total. The van der Waals surface area contributed by atoms with Gasteiger partial charge >= 0.3 is 0 Å². The summed E-state index contributed by atoms with van der Waals surface area (Å²) in [6, 6.07) is 7.55. The number of ether oxygens (including phenoxy) is 1. The molecular weight excluding hydrogens is 261 g/mol. The summed E-state index contributed by atoms with van der Waals surface area (Å²) in [5, 5.41) is 2.68. The number of halogens is 1. The molecule has 0 unspecified atom stereocenters. The van der Waals surface area contributed by atoms with E-state index in [2.05, 4.69) is 5.32 Å². The van der Waals surface area contributed by atoms with Crippen LogP contribution in [0, 0.1) is 5.82 Å². The van der Waals surface area contributed by atoms with Crippen LogP contribution in [-0.2, 0) is 11.3 Å². The molecule has 106 valence electrons. The second-order valence-corrected chi connectivity index (χ2v) is 4.27. The number of aromatic nitrogens is 1. The maximum atomic E-state index is 13.1. The Bertz CT molecular complexity index is 610. The second kappa shape index (κ2) is 6.21. The summed E-state index contributed by atoms with van der Waals surface area (Å²) in [4.78, 5) is 12.1. The molecule has 0 aliphatic heterocycles. The van der Waals surface area contributed by atoms with E-state index in [0.29, 0.717) is 24.5 Å². The smallest absolute Gasteiger partial charge is 0.272 e. The van der Waals surface area contributed by atoms with Crippen molar-refractivity contribution in [2.75, 3.05) is 24.8 Å². The van der Waals surface area contributed by atoms with E-state index in [0.717, 1.165) is 0 Å². The molecule has 2 aromatic rings. The highest BCUT2D eigenvalue weighted by atomic mass is 19.1. The van der Waals surface area contributed by atoms with Crippen LogP contribution in [0.1, 0.15) is 10.5 Å². The van der Waals surface area contributed by atoms with Crippen LogP contribution in [0.4, 0.5) is 15.8 Å². The number of hydrogen-bond acceptors (Lipinski definition) is 3. The molecule has 6 heteroatoms.